The van der Waals surface area contributed by atoms with E-state index in [0.29, 0.717) is 5.75 Å². The SMILES string of the molecule is CCn1c(COc2ccc(F)cc2)nnc1SCc1cccc(Cl)c1. The van der Waals surface area contributed by atoms with Crippen molar-refractivity contribution in [3.05, 3.63) is 70.8 Å². The fourth-order valence-electron chi connectivity index (χ4n) is 2.30. The van der Waals surface area contributed by atoms with Crippen LogP contribution in [0.15, 0.2) is 53.7 Å². The van der Waals surface area contributed by atoms with Gasteiger partial charge in [-0.25, -0.2) is 4.39 Å². The van der Waals surface area contributed by atoms with Crippen LogP contribution >= 0.6 is 23.4 Å². The quantitative estimate of drug-likeness (QED) is 0.545. The van der Waals surface area contributed by atoms with E-state index in [-0.39, 0.29) is 12.4 Å². The van der Waals surface area contributed by atoms with Crippen molar-refractivity contribution in [2.45, 2.75) is 31.0 Å². The van der Waals surface area contributed by atoms with Crippen molar-refractivity contribution in [2.24, 2.45) is 0 Å². The van der Waals surface area contributed by atoms with Crippen LogP contribution in [0, 0.1) is 5.82 Å². The Bertz CT molecular complexity index is 839. The van der Waals surface area contributed by atoms with Crippen LogP contribution in [0.5, 0.6) is 5.75 Å². The average Bonchev–Trinajstić information content (AvgIpc) is 3.01. The molecule has 1 heterocycles. The predicted molar refractivity (Wildman–Crippen MR) is 97.4 cm³/mol. The van der Waals surface area contributed by atoms with Gasteiger partial charge in [-0.05, 0) is 48.9 Å². The fourth-order valence-corrected chi connectivity index (χ4v) is 3.48. The molecule has 3 rings (SSSR count). The van der Waals surface area contributed by atoms with Crippen LogP contribution in [0.4, 0.5) is 4.39 Å². The summed E-state index contributed by atoms with van der Waals surface area (Å²) in [7, 11) is 0. The zero-order chi connectivity index (χ0) is 17.6. The molecule has 0 amide bonds. The Kier molecular flexibility index (Phi) is 5.94. The fraction of sp³-hybridized carbons (Fsp3) is 0.222. The minimum Gasteiger partial charge on any atom is -0.486 e. The van der Waals surface area contributed by atoms with Gasteiger partial charge in [-0.3, -0.25) is 0 Å². The number of rotatable bonds is 7. The highest BCUT2D eigenvalue weighted by Gasteiger charge is 2.12. The van der Waals surface area contributed by atoms with Crippen LogP contribution < -0.4 is 4.74 Å². The Morgan fingerprint density at radius 3 is 2.68 bits per heavy atom. The Morgan fingerprint density at radius 2 is 1.96 bits per heavy atom. The Morgan fingerprint density at radius 1 is 1.16 bits per heavy atom. The summed E-state index contributed by atoms with van der Waals surface area (Å²) in [5, 5.41) is 10.0. The lowest BCUT2D eigenvalue weighted by Crippen LogP contribution is -2.07. The maximum atomic E-state index is 12.9. The Balaban J connectivity index is 1.64. The summed E-state index contributed by atoms with van der Waals surface area (Å²) in [5.41, 5.74) is 1.13. The molecule has 1 aromatic heterocycles. The molecule has 0 unspecified atom stereocenters. The molecule has 2 aromatic carbocycles. The highest BCUT2D eigenvalue weighted by molar-refractivity contribution is 7.98. The molecule has 0 atom stereocenters. The van der Waals surface area contributed by atoms with E-state index in [1.165, 1.54) is 12.1 Å². The monoisotopic (exact) mass is 377 g/mol. The van der Waals surface area contributed by atoms with Gasteiger partial charge in [-0.15, -0.1) is 10.2 Å². The van der Waals surface area contributed by atoms with E-state index >= 15 is 0 Å². The first kappa shape index (κ1) is 17.8. The highest BCUT2D eigenvalue weighted by Crippen LogP contribution is 2.24. The minimum atomic E-state index is -0.288. The van der Waals surface area contributed by atoms with Gasteiger partial charge < -0.3 is 9.30 Å². The molecule has 0 bridgehead atoms. The summed E-state index contributed by atoms with van der Waals surface area (Å²) in [6.45, 7) is 3.06. The summed E-state index contributed by atoms with van der Waals surface area (Å²) in [5.74, 6) is 1.81. The molecule has 0 radical (unpaired) electrons. The van der Waals surface area contributed by atoms with Crippen molar-refractivity contribution < 1.29 is 9.13 Å². The summed E-state index contributed by atoms with van der Waals surface area (Å²) in [6.07, 6.45) is 0. The Labute approximate surface area is 155 Å². The van der Waals surface area contributed by atoms with Crippen molar-refractivity contribution in [3.8, 4) is 5.75 Å². The van der Waals surface area contributed by atoms with E-state index in [4.69, 9.17) is 16.3 Å². The van der Waals surface area contributed by atoms with E-state index in [1.807, 2.05) is 35.8 Å². The normalized spacial score (nSPS) is 10.8. The van der Waals surface area contributed by atoms with Gasteiger partial charge in [0.05, 0.1) is 0 Å². The third kappa shape index (κ3) is 4.74. The number of aromatic nitrogens is 3. The maximum absolute atomic E-state index is 12.9. The summed E-state index contributed by atoms with van der Waals surface area (Å²) in [6, 6.07) is 13.7. The number of hydrogen-bond donors (Lipinski definition) is 0. The van der Waals surface area contributed by atoms with Gasteiger partial charge >= 0.3 is 0 Å². The molecular weight excluding hydrogens is 361 g/mol. The van der Waals surface area contributed by atoms with Gasteiger partial charge in [0.15, 0.2) is 11.0 Å². The molecular formula is C18H17ClFN3OS. The number of nitrogens with zero attached hydrogens (tertiary/aromatic N) is 3. The number of ether oxygens (including phenoxy) is 1. The first-order valence-corrected chi connectivity index (χ1v) is 9.19. The van der Waals surface area contributed by atoms with Crippen molar-refractivity contribution in [2.75, 3.05) is 0 Å². The van der Waals surface area contributed by atoms with Crippen LogP contribution in [0.3, 0.4) is 0 Å². The van der Waals surface area contributed by atoms with Crippen LogP contribution in [0.2, 0.25) is 5.02 Å². The van der Waals surface area contributed by atoms with Gasteiger partial charge in [0, 0.05) is 17.3 Å². The van der Waals surface area contributed by atoms with E-state index in [9.17, 15) is 4.39 Å². The van der Waals surface area contributed by atoms with Gasteiger partial charge in [-0.1, -0.05) is 35.5 Å². The van der Waals surface area contributed by atoms with Crippen LogP contribution in [-0.2, 0) is 18.9 Å². The molecule has 0 saturated carbocycles. The maximum Gasteiger partial charge on any atom is 0.191 e. The first-order valence-electron chi connectivity index (χ1n) is 7.83. The lowest BCUT2D eigenvalue weighted by molar-refractivity contribution is 0.288. The molecule has 0 aliphatic carbocycles. The predicted octanol–water partition coefficient (Wildman–Crippen LogP) is 4.96. The molecule has 25 heavy (non-hydrogen) atoms. The van der Waals surface area contributed by atoms with E-state index in [2.05, 4.69) is 10.2 Å². The van der Waals surface area contributed by atoms with Crippen LogP contribution in [-0.4, -0.2) is 14.8 Å². The molecule has 130 valence electrons. The zero-order valence-corrected chi connectivity index (χ0v) is 15.2. The molecule has 0 fully saturated rings. The molecule has 0 aliphatic rings. The summed E-state index contributed by atoms with van der Waals surface area (Å²) >= 11 is 7.62. The lowest BCUT2D eigenvalue weighted by Gasteiger charge is -2.09. The van der Waals surface area contributed by atoms with Crippen LogP contribution in [0.25, 0.3) is 0 Å². The van der Waals surface area contributed by atoms with E-state index < -0.39 is 0 Å². The lowest BCUT2D eigenvalue weighted by atomic mass is 10.2. The van der Waals surface area contributed by atoms with Crippen molar-refractivity contribution >= 4 is 23.4 Å². The number of thioether (sulfide) groups is 1. The smallest absolute Gasteiger partial charge is 0.191 e. The largest absolute Gasteiger partial charge is 0.486 e. The standard InChI is InChI=1S/C18H17ClFN3OS/c1-2-23-17(11-24-16-8-6-15(20)7-9-16)21-22-18(23)25-12-13-4-3-5-14(19)10-13/h3-10H,2,11-12H2,1H3. The number of benzene rings is 2. The Hall–Kier alpha value is -2.05. The second-order valence-electron chi connectivity index (χ2n) is 5.30. The topological polar surface area (TPSA) is 39.9 Å². The number of hydrogen-bond acceptors (Lipinski definition) is 4. The van der Waals surface area contributed by atoms with Crippen molar-refractivity contribution in [1.29, 1.82) is 0 Å². The third-order valence-corrected chi connectivity index (χ3v) is 4.82. The molecule has 0 saturated heterocycles. The van der Waals surface area contributed by atoms with Gasteiger partial charge in [-0.2, -0.15) is 0 Å². The second-order valence-corrected chi connectivity index (χ2v) is 6.68. The highest BCUT2D eigenvalue weighted by atomic mass is 35.5. The van der Waals surface area contributed by atoms with Gasteiger partial charge in [0.25, 0.3) is 0 Å². The molecule has 0 N–H and O–H groups in total. The average molecular weight is 378 g/mol. The third-order valence-electron chi connectivity index (χ3n) is 3.55. The second kappa shape index (κ2) is 8.36. The van der Waals surface area contributed by atoms with Crippen LogP contribution in [0.1, 0.15) is 18.3 Å². The molecule has 3 aromatic rings. The molecule has 4 nitrogen and oxygen atoms in total. The molecule has 0 spiro atoms. The van der Waals surface area contributed by atoms with Crippen molar-refractivity contribution in [1.82, 2.24) is 14.8 Å². The zero-order valence-electron chi connectivity index (χ0n) is 13.7. The van der Waals surface area contributed by atoms with Crippen molar-refractivity contribution in [3.63, 3.8) is 0 Å². The molecule has 7 heteroatoms. The molecule has 0 aliphatic heterocycles. The first-order chi connectivity index (χ1) is 12.2. The summed E-state index contributed by atoms with van der Waals surface area (Å²) in [4.78, 5) is 0. The van der Waals surface area contributed by atoms with Gasteiger partial charge in [0.1, 0.15) is 18.2 Å². The number of halogens is 2. The van der Waals surface area contributed by atoms with Gasteiger partial charge in [0.2, 0.25) is 0 Å². The van der Waals surface area contributed by atoms with E-state index in [1.54, 1.807) is 23.9 Å². The van der Waals surface area contributed by atoms with E-state index in [0.717, 1.165) is 33.9 Å². The summed E-state index contributed by atoms with van der Waals surface area (Å²) < 4.78 is 20.6. The minimum absolute atomic E-state index is 0.282.